The molecule has 0 radical (unpaired) electrons. The lowest BCUT2D eigenvalue weighted by Gasteiger charge is -2.35. The minimum Gasteiger partial charge on any atom is -0.349 e. The zero-order valence-electron chi connectivity index (χ0n) is 23.7. The maximum absolute atomic E-state index is 13.5. The third-order valence-corrected chi connectivity index (χ3v) is 9.74. The largest absolute Gasteiger partial charge is 0.416 e. The van der Waals surface area contributed by atoms with Crippen LogP contribution in [0.25, 0.3) is 0 Å². The summed E-state index contributed by atoms with van der Waals surface area (Å²) in [5, 5.41) is 6.62. The van der Waals surface area contributed by atoms with E-state index in [0.29, 0.717) is 18.9 Å². The van der Waals surface area contributed by atoms with Crippen LogP contribution in [0.4, 0.5) is 13.2 Å². The maximum Gasteiger partial charge on any atom is 0.416 e. The molecule has 0 aromatic heterocycles. The van der Waals surface area contributed by atoms with Crippen LogP contribution in [0.3, 0.4) is 0 Å². The Labute approximate surface area is 235 Å². The van der Waals surface area contributed by atoms with Crippen molar-refractivity contribution in [3.05, 3.63) is 64.2 Å². The molecule has 4 rings (SSSR count). The molecule has 0 spiro atoms. The molecule has 6 nitrogen and oxygen atoms in total. The van der Waals surface area contributed by atoms with Crippen LogP contribution >= 0.6 is 0 Å². The van der Waals surface area contributed by atoms with Crippen LogP contribution in [0.5, 0.6) is 0 Å². The van der Waals surface area contributed by atoms with Crippen LogP contribution in [-0.2, 0) is 34.0 Å². The maximum atomic E-state index is 13.5. The van der Waals surface area contributed by atoms with Gasteiger partial charge < -0.3 is 10.6 Å². The van der Waals surface area contributed by atoms with E-state index < -0.39 is 32.7 Å². The Balaban J connectivity index is 1.47. The molecule has 10 heteroatoms. The molecule has 1 saturated heterocycles. The standard InChI is InChI=1S/C30H40F3N3O3S/c1-20-11-13-24(18-26(20)30(31,32)33)40(38,39)36-15-6-5-9-23(36)17-28(37)35-27-10-7-8-22-16-21(12-14-25(22)27)19-34-29(2,3)4/h11-14,16,18,23,27,34H,5-10,15,17,19H2,1-4H3,(H,35,37)/t23-,27+/m0/s1. The van der Waals surface area contributed by atoms with E-state index in [1.54, 1.807) is 0 Å². The van der Waals surface area contributed by atoms with Crippen molar-refractivity contribution in [2.24, 2.45) is 0 Å². The van der Waals surface area contributed by atoms with E-state index >= 15 is 0 Å². The minimum absolute atomic E-state index is 0.00691. The van der Waals surface area contributed by atoms with Gasteiger partial charge in [0.05, 0.1) is 16.5 Å². The van der Waals surface area contributed by atoms with Gasteiger partial charge in [-0.1, -0.05) is 30.7 Å². The highest BCUT2D eigenvalue weighted by Gasteiger charge is 2.38. The molecule has 1 fully saturated rings. The lowest BCUT2D eigenvalue weighted by molar-refractivity contribution is -0.138. The van der Waals surface area contributed by atoms with E-state index in [0.717, 1.165) is 37.8 Å². The number of sulfonamides is 1. The van der Waals surface area contributed by atoms with Crippen LogP contribution in [-0.4, -0.2) is 36.8 Å². The minimum atomic E-state index is -4.66. The molecule has 2 aliphatic rings. The number of piperidine rings is 1. The predicted molar refractivity (Wildman–Crippen MR) is 149 cm³/mol. The molecule has 1 aliphatic carbocycles. The number of halogens is 3. The van der Waals surface area contributed by atoms with Crippen molar-refractivity contribution in [1.82, 2.24) is 14.9 Å². The lowest BCUT2D eigenvalue weighted by Crippen LogP contribution is -2.46. The first-order chi connectivity index (χ1) is 18.6. The first-order valence-corrected chi connectivity index (χ1v) is 15.4. The van der Waals surface area contributed by atoms with Crippen LogP contribution in [0.15, 0.2) is 41.3 Å². The summed E-state index contributed by atoms with van der Waals surface area (Å²) in [5.41, 5.74) is 2.50. The zero-order chi connectivity index (χ0) is 29.3. The van der Waals surface area contributed by atoms with E-state index in [9.17, 15) is 26.4 Å². The van der Waals surface area contributed by atoms with Crippen LogP contribution in [0, 0.1) is 6.92 Å². The average Bonchev–Trinajstić information content (AvgIpc) is 2.86. The molecule has 0 saturated carbocycles. The summed E-state index contributed by atoms with van der Waals surface area (Å²) >= 11 is 0. The number of hydrogen-bond acceptors (Lipinski definition) is 4. The molecule has 2 aromatic rings. The quantitative estimate of drug-likeness (QED) is 0.420. The number of alkyl halides is 3. The van der Waals surface area contributed by atoms with E-state index in [1.807, 2.05) is 0 Å². The van der Waals surface area contributed by atoms with E-state index in [-0.39, 0.29) is 36.0 Å². The third kappa shape index (κ3) is 7.25. The number of nitrogens with zero attached hydrogens (tertiary/aromatic N) is 1. The molecular weight excluding hydrogens is 539 g/mol. The molecule has 1 heterocycles. The van der Waals surface area contributed by atoms with Crippen molar-refractivity contribution >= 4 is 15.9 Å². The van der Waals surface area contributed by atoms with Crippen LogP contribution < -0.4 is 10.6 Å². The third-order valence-electron chi connectivity index (χ3n) is 7.79. The number of rotatable bonds is 7. The fraction of sp³-hybridized carbons (Fsp3) is 0.567. The summed E-state index contributed by atoms with van der Waals surface area (Å²) < 4.78 is 68.6. The lowest BCUT2D eigenvalue weighted by atomic mass is 9.86. The van der Waals surface area contributed by atoms with Crippen LogP contribution in [0.1, 0.15) is 93.2 Å². The van der Waals surface area contributed by atoms with E-state index in [4.69, 9.17) is 0 Å². The Morgan fingerprint density at radius 3 is 2.48 bits per heavy atom. The Kier molecular flexibility index (Phi) is 9.02. The zero-order valence-corrected chi connectivity index (χ0v) is 24.5. The number of nitrogens with one attached hydrogen (secondary N) is 2. The number of carbonyl (C=O) groups is 1. The number of amides is 1. The molecule has 2 aromatic carbocycles. The second kappa shape index (κ2) is 11.8. The summed E-state index contributed by atoms with van der Waals surface area (Å²) in [4.78, 5) is 12.8. The topological polar surface area (TPSA) is 78.5 Å². The Morgan fingerprint density at radius 2 is 1.77 bits per heavy atom. The van der Waals surface area contributed by atoms with Gasteiger partial charge in [0, 0.05) is 31.1 Å². The predicted octanol–water partition coefficient (Wildman–Crippen LogP) is 6.03. The van der Waals surface area contributed by atoms with Gasteiger partial charge in [-0.15, -0.1) is 0 Å². The SMILES string of the molecule is Cc1ccc(S(=O)(=O)N2CCCC[C@H]2CC(=O)N[C@@H]2CCCc3cc(CNC(C)(C)C)ccc32)cc1C(F)(F)F. The molecule has 0 unspecified atom stereocenters. The fourth-order valence-electron chi connectivity index (χ4n) is 5.66. The van der Waals surface area contributed by atoms with E-state index in [2.05, 4.69) is 49.6 Å². The first kappa shape index (κ1) is 30.5. The first-order valence-electron chi connectivity index (χ1n) is 14.0. The highest BCUT2D eigenvalue weighted by Crippen LogP contribution is 2.35. The number of fused-ring (bicyclic) bond motifs is 1. The summed E-state index contributed by atoms with van der Waals surface area (Å²) in [6.45, 7) is 8.60. The van der Waals surface area contributed by atoms with Crippen molar-refractivity contribution in [2.45, 2.75) is 108 Å². The van der Waals surface area contributed by atoms with Gasteiger partial charge >= 0.3 is 6.18 Å². The molecule has 1 aliphatic heterocycles. The van der Waals surface area contributed by atoms with Gasteiger partial charge in [0.1, 0.15) is 0 Å². The number of carbonyl (C=O) groups excluding carboxylic acids is 1. The Hall–Kier alpha value is -2.43. The molecule has 0 bridgehead atoms. The van der Waals surface area contributed by atoms with Gasteiger partial charge in [-0.25, -0.2) is 8.42 Å². The summed E-state index contributed by atoms with van der Waals surface area (Å²) in [6.07, 6.45) is -0.178. The fourth-order valence-corrected chi connectivity index (χ4v) is 7.38. The second-order valence-corrected chi connectivity index (χ2v) is 14.0. The monoisotopic (exact) mass is 579 g/mol. The molecule has 220 valence electrons. The summed E-state index contributed by atoms with van der Waals surface area (Å²) in [5.74, 6) is -0.247. The Bertz CT molecular complexity index is 1340. The summed E-state index contributed by atoms with van der Waals surface area (Å²) in [7, 11) is -4.21. The van der Waals surface area contributed by atoms with Crippen molar-refractivity contribution in [3.63, 3.8) is 0 Å². The highest BCUT2D eigenvalue weighted by atomic mass is 32.2. The van der Waals surface area contributed by atoms with Gasteiger partial charge in [0.2, 0.25) is 15.9 Å². The number of hydrogen-bond donors (Lipinski definition) is 2. The van der Waals surface area contributed by atoms with Crippen molar-refractivity contribution in [1.29, 1.82) is 0 Å². The molecule has 2 N–H and O–H groups in total. The molecular formula is C30H40F3N3O3S. The number of benzene rings is 2. The van der Waals surface area contributed by atoms with Crippen LogP contribution in [0.2, 0.25) is 0 Å². The Morgan fingerprint density at radius 1 is 1.02 bits per heavy atom. The van der Waals surface area contributed by atoms with Gasteiger partial charge in [-0.05, 0) is 94.2 Å². The van der Waals surface area contributed by atoms with Gasteiger partial charge in [0.15, 0.2) is 0 Å². The second-order valence-electron chi connectivity index (χ2n) is 12.1. The van der Waals surface area contributed by atoms with Gasteiger partial charge in [-0.3, -0.25) is 4.79 Å². The molecule has 1 amide bonds. The molecule has 40 heavy (non-hydrogen) atoms. The highest BCUT2D eigenvalue weighted by molar-refractivity contribution is 7.89. The number of aryl methyl sites for hydroxylation is 2. The van der Waals surface area contributed by atoms with Crippen molar-refractivity contribution < 1.29 is 26.4 Å². The normalized spacial score (nSPS) is 20.7. The summed E-state index contributed by atoms with van der Waals surface area (Å²) in [6, 6.07) is 8.70. The van der Waals surface area contributed by atoms with Gasteiger partial charge in [-0.2, -0.15) is 17.5 Å². The van der Waals surface area contributed by atoms with Gasteiger partial charge in [0.25, 0.3) is 0 Å². The van der Waals surface area contributed by atoms with Crippen molar-refractivity contribution in [3.8, 4) is 0 Å². The molecule has 2 atom stereocenters. The average molecular weight is 580 g/mol. The van der Waals surface area contributed by atoms with Crippen molar-refractivity contribution in [2.75, 3.05) is 6.54 Å². The van der Waals surface area contributed by atoms with E-state index in [1.165, 1.54) is 34.5 Å². The smallest absolute Gasteiger partial charge is 0.349 e.